The summed E-state index contributed by atoms with van der Waals surface area (Å²) in [5.41, 5.74) is 1.41. The van der Waals surface area contributed by atoms with Crippen LogP contribution in [0.4, 0.5) is 8.78 Å². The molecule has 1 rings (SSSR count). The van der Waals surface area contributed by atoms with Crippen LogP contribution in [-0.4, -0.2) is 17.5 Å². The van der Waals surface area contributed by atoms with Crippen molar-refractivity contribution in [3.63, 3.8) is 0 Å². The first kappa shape index (κ1) is 11.6. The van der Waals surface area contributed by atoms with Gasteiger partial charge in [0, 0.05) is 6.42 Å². The zero-order chi connectivity index (χ0) is 11.3. The Balaban J connectivity index is 2.61. The van der Waals surface area contributed by atoms with E-state index in [1.165, 1.54) is 0 Å². The Hall–Kier alpha value is -1.45. The summed E-state index contributed by atoms with van der Waals surface area (Å²) >= 11 is 0. The van der Waals surface area contributed by atoms with E-state index < -0.39 is 12.4 Å². The number of carboxylic acids is 1. The highest BCUT2D eigenvalue weighted by atomic mass is 19.3. The molecule has 1 aromatic carbocycles. The molecule has 0 spiro atoms. The summed E-state index contributed by atoms with van der Waals surface area (Å²) in [7, 11) is 0. The molecule has 4 heteroatoms. The second-order valence-corrected chi connectivity index (χ2v) is 3.32. The zero-order valence-electron chi connectivity index (χ0n) is 8.12. The Morgan fingerprint density at radius 2 is 2.00 bits per heavy atom. The van der Waals surface area contributed by atoms with Crippen molar-refractivity contribution in [2.24, 2.45) is 0 Å². The highest BCUT2D eigenvalue weighted by Gasteiger charge is 2.05. The predicted molar refractivity (Wildman–Crippen MR) is 52.1 cm³/mol. The monoisotopic (exact) mass is 214 g/mol. The average Bonchev–Trinajstić information content (AvgIpc) is 2.14. The van der Waals surface area contributed by atoms with E-state index >= 15 is 0 Å². The molecule has 0 aliphatic heterocycles. The summed E-state index contributed by atoms with van der Waals surface area (Å²) in [6.07, 6.45) is -2.28. The first-order chi connectivity index (χ1) is 7.08. The van der Waals surface area contributed by atoms with Gasteiger partial charge in [-0.1, -0.05) is 24.3 Å². The molecule has 0 atom stereocenters. The largest absolute Gasteiger partial charge is 0.481 e. The molecule has 0 saturated carbocycles. The summed E-state index contributed by atoms with van der Waals surface area (Å²) in [5.74, 6) is -0.916. The lowest BCUT2D eigenvalue weighted by atomic mass is 10.0. The molecule has 0 amide bonds. The minimum absolute atomic E-state index is 0.0669. The minimum atomic E-state index is -2.31. The molecule has 0 fully saturated rings. The van der Waals surface area contributed by atoms with Crippen molar-refractivity contribution in [1.82, 2.24) is 0 Å². The quantitative estimate of drug-likeness (QED) is 0.817. The number of aliphatic carboxylic acids is 1. The Morgan fingerprint density at radius 3 is 2.60 bits per heavy atom. The SMILES string of the molecule is O=C(O)Cc1cccc(CCC(F)F)c1. The third-order valence-corrected chi connectivity index (χ3v) is 2.00. The van der Waals surface area contributed by atoms with Crippen LogP contribution in [0.25, 0.3) is 0 Å². The molecule has 0 aliphatic carbocycles. The van der Waals surface area contributed by atoms with Gasteiger partial charge >= 0.3 is 5.97 Å². The number of alkyl halides is 2. The van der Waals surface area contributed by atoms with Gasteiger partial charge in [-0.05, 0) is 17.5 Å². The van der Waals surface area contributed by atoms with E-state index in [2.05, 4.69) is 0 Å². The van der Waals surface area contributed by atoms with Gasteiger partial charge in [-0.3, -0.25) is 4.79 Å². The molecule has 1 aromatic rings. The van der Waals surface area contributed by atoms with E-state index in [0.717, 1.165) is 5.56 Å². The van der Waals surface area contributed by atoms with Gasteiger partial charge in [-0.25, -0.2) is 8.78 Å². The number of hydrogen-bond donors (Lipinski definition) is 1. The molecule has 0 aliphatic rings. The third kappa shape index (κ3) is 4.54. The highest BCUT2D eigenvalue weighted by molar-refractivity contribution is 5.70. The molecular weight excluding hydrogens is 202 g/mol. The normalized spacial score (nSPS) is 10.6. The van der Waals surface area contributed by atoms with Crippen LogP contribution >= 0.6 is 0 Å². The number of aryl methyl sites for hydroxylation is 1. The van der Waals surface area contributed by atoms with Crippen molar-refractivity contribution < 1.29 is 18.7 Å². The standard InChI is InChI=1S/C11H12F2O2/c12-10(13)5-4-8-2-1-3-9(6-8)7-11(14)15/h1-3,6,10H,4-5,7H2,(H,14,15). The van der Waals surface area contributed by atoms with Crippen molar-refractivity contribution in [2.75, 3.05) is 0 Å². The number of hydrogen-bond acceptors (Lipinski definition) is 1. The van der Waals surface area contributed by atoms with Crippen molar-refractivity contribution in [2.45, 2.75) is 25.7 Å². The maximum absolute atomic E-state index is 11.9. The van der Waals surface area contributed by atoms with Crippen LogP contribution in [0.3, 0.4) is 0 Å². The van der Waals surface area contributed by atoms with Crippen molar-refractivity contribution in [3.05, 3.63) is 35.4 Å². The van der Waals surface area contributed by atoms with Gasteiger partial charge < -0.3 is 5.11 Å². The number of rotatable bonds is 5. The van der Waals surface area contributed by atoms with Crippen molar-refractivity contribution in [1.29, 1.82) is 0 Å². The van der Waals surface area contributed by atoms with Gasteiger partial charge in [0.15, 0.2) is 0 Å². The summed E-state index contributed by atoms with van der Waals surface area (Å²) in [5, 5.41) is 8.56. The molecule has 0 bridgehead atoms. The fraction of sp³-hybridized carbons (Fsp3) is 0.364. The van der Waals surface area contributed by atoms with Gasteiger partial charge in [0.1, 0.15) is 0 Å². The van der Waals surface area contributed by atoms with Gasteiger partial charge in [0.2, 0.25) is 6.43 Å². The van der Waals surface area contributed by atoms with E-state index in [1.807, 2.05) is 0 Å². The van der Waals surface area contributed by atoms with E-state index in [0.29, 0.717) is 5.56 Å². The molecule has 0 aromatic heterocycles. The van der Waals surface area contributed by atoms with Crippen LogP contribution in [0.5, 0.6) is 0 Å². The van der Waals surface area contributed by atoms with Crippen LogP contribution < -0.4 is 0 Å². The van der Waals surface area contributed by atoms with E-state index in [-0.39, 0.29) is 19.3 Å². The lowest BCUT2D eigenvalue weighted by Gasteiger charge is -2.03. The molecule has 15 heavy (non-hydrogen) atoms. The number of halogens is 2. The Labute approximate surface area is 86.5 Å². The van der Waals surface area contributed by atoms with E-state index in [1.54, 1.807) is 24.3 Å². The van der Waals surface area contributed by atoms with Gasteiger partial charge in [-0.15, -0.1) is 0 Å². The molecule has 1 N–H and O–H groups in total. The topological polar surface area (TPSA) is 37.3 Å². The first-order valence-corrected chi connectivity index (χ1v) is 4.65. The summed E-state index contributed by atoms with van der Waals surface area (Å²) in [6.45, 7) is 0. The minimum Gasteiger partial charge on any atom is -0.481 e. The second kappa shape index (κ2) is 5.44. The van der Waals surface area contributed by atoms with Gasteiger partial charge in [0.25, 0.3) is 0 Å². The number of benzene rings is 1. The average molecular weight is 214 g/mol. The van der Waals surface area contributed by atoms with Crippen LogP contribution in [0.15, 0.2) is 24.3 Å². The van der Waals surface area contributed by atoms with Crippen LogP contribution in [0, 0.1) is 0 Å². The molecule has 0 saturated heterocycles. The smallest absolute Gasteiger partial charge is 0.307 e. The summed E-state index contributed by atoms with van der Waals surface area (Å²) < 4.78 is 23.9. The maximum Gasteiger partial charge on any atom is 0.307 e. The third-order valence-electron chi connectivity index (χ3n) is 2.00. The summed E-state index contributed by atoms with van der Waals surface area (Å²) in [6, 6.07) is 6.77. The highest BCUT2D eigenvalue weighted by Crippen LogP contribution is 2.11. The first-order valence-electron chi connectivity index (χ1n) is 4.65. The van der Waals surface area contributed by atoms with Crippen molar-refractivity contribution >= 4 is 5.97 Å². The lowest BCUT2D eigenvalue weighted by molar-refractivity contribution is -0.136. The maximum atomic E-state index is 11.9. The zero-order valence-corrected chi connectivity index (χ0v) is 8.12. The van der Waals surface area contributed by atoms with E-state index in [4.69, 9.17) is 5.11 Å². The number of carboxylic acid groups (broad SMARTS) is 1. The van der Waals surface area contributed by atoms with Gasteiger partial charge in [0.05, 0.1) is 6.42 Å². The number of carbonyl (C=O) groups is 1. The Morgan fingerprint density at radius 1 is 1.33 bits per heavy atom. The fourth-order valence-electron chi connectivity index (χ4n) is 1.35. The van der Waals surface area contributed by atoms with Crippen LogP contribution in [0.2, 0.25) is 0 Å². The molecule has 82 valence electrons. The molecular formula is C11H12F2O2. The fourth-order valence-corrected chi connectivity index (χ4v) is 1.35. The predicted octanol–water partition coefficient (Wildman–Crippen LogP) is 2.51. The molecule has 0 heterocycles. The molecule has 0 radical (unpaired) electrons. The van der Waals surface area contributed by atoms with Gasteiger partial charge in [-0.2, -0.15) is 0 Å². The second-order valence-electron chi connectivity index (χ2n) is 3.32. The lowest BCUT2D eigenvalue weighted by Crippen LogP contribution is -2.01. The Kier molecular flexibility index (Phi) is 4.21. The molecule has 0 unspecified atom stereocenters. The van der Waals surface area contributed by atoms with Crippen molar-refractivity contribution in [3.8, 4) is 0 Å². The Bertz CT molecular complexity index is 337. The van der Waals surface area contributed by atoms with E-state index in [9.17, 15) is 13.6 Å². The van der Waals surface area contributed by atoms with Crippen LogP contribution in [0.1, 0.15) is 17.5 Å². The summed E-state index contributed by atoms with van der Waals surface area (Å²) in [4.78, 5) is 10.4. The van der Waals surface area contributed by atoms with Crippen LogP contribution in [-0.2, 0) is 17.6 Å². The molecule has 2 nitrogen and oxygen atoms in total.